The van der Waals surface area contributed by atoms with Crippen molar-refractivity contribution in [1.82, 2.24) is 0 Å². The van der Waals surface area contributed by atoms with Crippen LogP contribution in [0.4, 0.5) is 0 Å². The van der Waals surface area contributed by atoms with E-state index in [0.29, 0.717) is 0 Å². The van der Waals surface area contributed by atoms with Crippen LogP contribution >= 0.6 is 0 Å². The molecule has 1 aromatic rings. The molecule has 0 fully saturated rings. The second-order valence-electron chi connectivity index (χ2n) is 5.00. The molecule has 0 aromatic heterocycles. The Morgan fingerprint density at radius 3 is 2.00 bits per heavy atom. The fraction of sp³-hybridized carbons (Fsp3) is 0.571. The van der Waals surface area contributed by atoms with Gasteiger partial charge >= 0.3 is 0 Å². The van der Waals surface area contributed by atoms with E-state index in [1.54, 1.807) is 0 Å². The largest absolute Gasteiger partial charge is 0.324 e. The molecule has 0 unspecified atom stereocenters. The molecule has 1 atom stereocenters. The summed E-state index contributed by atoms with van der Waals surface area (Å²) in [6, 6.07) is 6.81. The van der Waals surface area contributed by atoms with E-state index in [4.69, 9.17) is 5.73 Å². The molecule has 0 saturated heterocycles. The molecule has 0 amide bonds. The van der Waals surface area contributed by atoms with Crippen molar-refractivity contribution in [2.75, 3.05) is 0 Å². The van der Waals surface area contributed by atoms with Crippen LogP contribution in [0.5, 0.6) is 0 Å². The highest BCUT2D eigenvalue weighted by Gasteiger charge is 2.07. The number of hydrogen-bond donors (Lipinski definition) is 1. The number of aryl methyl sites for hydroxylation is 2. The predicted molar refractivity (Wildman–Crippen MR) is 66.9 cm³/mol. The molecule has 1 nitrogen and oxygen atoms in total. The third-order valence-corrected chi connectivity index (χ3v) is 2.73. The average Bonchev–Trinajstić information content (AvgIpc) is 2.12. The normalized spacial score (nSPS) is 13.2. The van der Waals surface area contributed by atoms with E-state index in [1.807, 2.05) is 0 Å². The van der Waals surface area contributed by atoms with E-state index in [0.717, 1.165) is 12.3 Å². The van der Waals surface area contributed by atoms with Gasteiger partial charge in [-0.2, -0.15) is 0 Å². The molecule has 1 rings (SSSR count). The van der Waals surface area contributed by atoms with Crippen molar-refractivity contribution in [3.8, 4) is 0 Å². The molecule has 1 heteroatoms. The van der Waals surface area contributed by atoms with Gasteiger partial charge in [0.05, 0.1) is 0 Å². The van der Waals surface area contributed by atoms with Gasteiger partial charge < -0.3 is 5.73 Å². The Balaban J connectivity index is 2.68. The molecule has 2 N–H and O–H groups in total. The first-order valence-electron chi connectivity index (χ1n) is 5.83. The van der Waals surface area contributed by atoms with Crippen LogP contribution in [0, 0.1) is 19.8 Å². The lowest BCUT2D eigenvalue weighted by Crippen LogP contribution is -2.11. The van der Waals surface area contributed by atoms with Gasteiger partial charge in [0.25, 0.3) is 0 Å². The quantitative estimate of drug-likeness (QED) is 0.796. The summed E-state index contributed by atoms with van der Waals surface area (Å²) >= 11 is 0. The Kier molecular flexibility index (Phi) is 4.34. The number of benzene rings is 1. The first-order valence-corrected chi connectivity index (χ1v) is 5.83. The minimum atomic E-state index is 0.200. The van der Waals surface area contributed by atoms with Crippen molar-refractivity contribution < 1.29 is 0 Å². The van der Waals surface area contributed by atoms with E-state index < -0.39 is 0 Å². The van der Waals surface area contributed by atoms with Crippen LogP contribution < -0.4 is 5.73 Å². The Morgan fingerprint density at radius 1 is 1.00 bits per heavy atom. The average molecular weight is 205 g/mol. The molecular formula is C14H23N. The second-order valence-corrected chi connectivity index (χ2v) is 5.00. The fourth-order valence-corrected chi connectivity index (χ4v) is 1.90. The topological polar surface area (TPSA) is 26.0 Å². The summed E-state index contributed by atoms with van der Waals surface area (Å²) in [4.78, 5) is 0. The van der Waals surface area contributed by atoms with Gasteiger partial charge in [-0.25, -0.2) is 0 Å². The minimum absolute atomic E-state index is 0.200. The molecule has 0 bridgehead atoms. The second kappa shape index (κ2) is 5.32. The number of hydrogen-bond acceptors (Lipinski definition) is 1. The molecule has 0 aliphatic heterocycles. The Bertz CT molecular complexity index is 295. The van der Waals surface area contributed by atoms with Crippen LogP contribution in [0.3, 0.4) is 0 Å². The first kappa shape index (κ1) is 12.3. The van der Waals surface area contributed by atoms with Crippen molar-refractivity contribution in [2.24, 2.45) is 11.7 Å². The fourth-order valence-electron chi connectivity index (χ4n) is 1.90. The maximum absolute atomic E-state index is 6.18. The van der Waals surface area contributed by atoms with Gasteiger partial charge in [-0.1, -0.05) is 43.2 Å². The molecule has 15 heavy (non-hydrogen) atoms. The lowest BCUT2D eigenvalue weighted by atomic mass is 9.96. The van der Waals surface area contributed by atoms with Crippen molar-refractivity contribution in [3.05, 3.63) is 34.9 Å². The highest BCUT2D eigenvalue weighted by Crippen LogP contribution is 2.20. The van der Waals surface area contributed by atoms with Crippen LogP contribution in [0.2, 0.25) is 0 Å². The SMILES string of the molecule is Cc1cc(C)cc([C@H](N)CCC(C)C)c1. The van der Waals surface area contributed by atoms with E-state index in [1.165, 1.54) is 23.1 Å². The highest BCUT2D eigenvalue weighted by atomic mass is 14.6. The van der Waals surface area contributed by atoms with E-state index >= 15 is 0 Å². The Labute approximate surface area is 93.7 Å². The molecule has 0 radical (unpaired) electrons. The van der Waals surface area contributed by atoms with Crippen molar-refractivity contribution in [3.63, 3.8) is 0 Å². The molecule has 0 spiro atoms. The first-order chi connectivity index (χ1) is 6.99. The smallest absolute Gasteiger partial charge is 0.0295 e. The third kappa shape index (κ3) is 4.05. The maximum Gasteiger partial charge on any atom is 0.0295 e. The number of rotatable bonds is 4. The van der Waals surface area contributed by atoms with Gasteiger partial charge in [0.1, 0.15) is 0 Å². The zero-order valence-electron chi connectivity index (χ0n) is 10.4. The van der Waals surface area contributed by atoms with Crippen LogP contribution in [0.1, 0.15) is 49.4 Å². The van der Waals surface area contributed by atoms with Crippen LogP contribution in [-0.2, 0) is 0 Å². The third-order valence-electron chi connectivity index (χ3n) is 2.73. The van der Waals surface area contributed by atoms with E-state index in [-0.39, 0.29) is 6.04 Å². The standard InChI is InChI=1S/C14H23N/c1-10(2)5-6-14(15)13-8-11(3)7-12(4)9-13/h7-10,14H,5-6,15H2,1-4H3/t14-/m1/s1. The van der Waals surface area contributed by atoms with Gasteiger partial charge in [0, 0.05) is 6.04 Å². The monoisotopic (exact) mass is 205 g/mol. The van der Waals surface area contributed by atoms with Crippen molar-refractivity contribution in [2.45, 2.75) is 46.6 Å². The van der Waals surface area contributed by atoms with E-state index in [9.17, 15) is 0 Å². The number of nitrogens with two attached hydrogens (primary N) is 1. The summed E-state index contributed by atoms with van der Waals surface area (Å²) < 4.78 is 0. The van der Waals surface area contributed by atoms with Gasteiger partial charge in [0.2, 0.25) is 0 Å². The lowest BCUT2D eigenvalue weighted by Gasteiger charge is -2.14. The molecular weight excluding hydrogens is 182 g/mol. The van der Waals surface area contributed by atoms with Gasteiger partial charge in [-0.05, 0) is 38.2 Å². The van der Waals surface area contributed by atoms with Crippen molar-refractivity contribution in [1.29, 1.82) is 0 Å². The van der Waals surface area contributed by atoms with Gasteiger partial charge in [-0.3, -0.25) is 0 Å². The van der Waals surface area contributed by atoms with Crippen LogP contribution in [0.25, 0.3) is 0 Å². The van der Waals surface area contributed by atoms with Gasteiger partial charge in [0.15, 0.2) is 0 Å². The summed E-state index contributed by atoms with van der Waals surface area (Å²) in [6.07, 6.45) is 2.29. The zero-order valence-corrected chi connectivity index (χ0v) is 10.4. The molecule has 0 aliphatic rings. The summed E-state index contributed by atoms with van der Waals surface area (Å²) in [7, 11) is 0. The van der Waals surface area contributed by atoms with Crippen molar-refractivity contribution >= 4 is 0 Å². The maximum atomic E-state index is 6.18. The Hall–Kier alpha value is -0.820. The summed E-state index contributed by atoms with van der Waals surface area (Å²) in [5.41, 5.74) is 10.1. The molecule has 84 valence electrons. The predicted octanol–water partition coefficient (Wildman–Crippen LogP) is 3.74. The summed E-state index contributed by atoms with van der Waals surface area (Å²) in [5.74, 6) is 0.738. The molecule has 0 heterocycles. The molecule has 1 aromatic carbocycles. The Morgan fingerprint density at radius 2 is 1.53 bits per heavy atom. The highest BCUT2D eigenvalue weighted by molar-refractivity contribution is 5.30. The lowest BCUT2D eigenvalue weighted by molar-refractivity contribution is 0.507. The van der Waals surface area contributed by atoms with Gasteiger partial charge in [-0.15, -0.1) is 0 Å². The minimum Gasteiger partial charge on any atom is -0.324 e. The van der Waals surface area contributed by atoms with Crippen LogP contribution in [0.15, 0.2) is 18.2 Å². The molecule has 0 saturated carbocycles. The molecule has 0 aliphatic carbocycles. The van der Waals surface area contributed by atoms with E-state index in [2.05, 4.69) is 45.9 Å². The zero-order chi connectivity index (χ0) is 11.4. The van der Waals surface area contributed by atoms with Crippen LogP contribution in [-0.4, -0.2) is 0 Å². The summed E-state index contributed by atoms with van der Waals surface area (Å²) in [5, 5.41) is 0. The summed E-state index contributed by atoms with van der Waals surface area (Å²) in [6.45, 7) is 8.75.